The van der Waals surface area contributed by atoms with Gasteiger partial charge in [0.05, 0.1) is 11.6 Å². The van der Waals surface area contributed by atoms with Gasteiger partial charge in [0.25, 0.3) is 5.91 Å². The van der Waals surface area contributed by atoms with Crippen molar-refractivity contribution in [1.82, 2.24) is 14.9 Å². The number of aromatic nitrogens is 2. The van der Waals surface area contributed by atoms with Gasteiger partial charge in [0.1, 0.15) is 5.69 Å². The standard InChI is InChI=1S/C19H19N3O2/c23-18-12-22(19(24)17-6-3-8-20-17)11-14(18)10-13-7-9-21-16-5-2-1-4-15(13)16/h1-9,14,18,20,23H,10-12H2/t14-,18-/m1/s1. The summed E-state index contributed by atoms with van der Waals surface area (Å²) in [7, 11) is 0. The van der Waals surface area contributed by atoms with Crippen LogP contribution in [0, 0.1) is 5.92 Å². The molecule has 1 saturated heterocycles. The zero-order chi connectivity index (χ0) is 16.5. The molecule has 0 aliphatic carbocycles. The number of benzene rings is 1. The van der Waals surface area contributed by atoms with Crippen LogP contribution < -0.4 is 0 Å². The van der Waals surface area contributed by atoms with Crippen LogP contribution in [0.3, 0.4) is 0 Å². The molecule has 5 heteroatoms. The van der Waals surface area contributed by atoms with Crippen molar-refractivity contribution in [2.24, 2.45) is 5.92 Å². The fraction of sp³-hybridized carbons (Fsp3) is 0.263. The summed E-state index contributed by atoms with van der Waals surface area (Å²) in [4.78, 5) is 21.5. The van der Waals surface area contributed by atoms with E-state index in [-0.39, 0.29) is 11.8 Å². The maximum Gasteiger partial charge on any atom is 0.270 e. The lowest BCUT2D eigenvalue weighted by Gasteiger charge is -2.16. The van der Waals surface area contributed by atoms with E-state index in [1.165, 1.54) is 5.56 Å². The number of nitrogens with zero attached hydrogens (tertiary/aromatic N) is 2. The molecule has 3 aromatic rings. The third-order valence-corrected chi connectivity index (χ3v) is 4.74. The first kappa shape index (κ1) is 14.9. The Bertz CT molecular complexity index is 855. The first-order chi connectivity index (χ1) is 11.7. The van der Waals surface area contributed by atoms with Crippen LogP contribution in [-0.4, -0.2) is 45.1 Å². The van der Waals surface area contributed by atoms with E-state index in [1.807, 2.05) is 24.3 Å². The summed E-state index contributed by atoms with van der Waals surface area (Å²) in [6, 6.07) is 13.6. The Hall–Kier alpha value is -2.66. The number of amides is 1. The van der Waals surface area contributed by atoms with E-state index < -0.39 is 6.10 Å². The van der Waals surface area contributed by atoms with Crippen LogP contribution in [0.2, 0.25) is 0 Å². The number of H-pyrrole nitrogens is 1. The monoisotopic (exact) mass is 321 g/mol. The number of pyridine rings is 1. The Morgan fingerprint density at radius 2 is 2.08 bits per heavy atom. The van der Waals surface area contributed by atoms with E-state index in [4.69, 9.17) is 0 Å². The summed E-state index contributed by atoms with van der Waals surface area (Å²) >= 11 is 0. The molecule has 2 N–H and O–H groups in total. The molecule has 1 fully saturated rings. The lowest BCUT2D eigenvalue weighted by Crippen LogP contribution is -2.29. The highest BCUT2D eigenvalue weighted by atomic mass is 16.3. The summed E-state index contributed by atoms with van der Waals surface area (Å²) in [5, 5.41) is 11.5. The largest absolute Gasteiger partial charge is 0.391 e. The number of carbonyl (C=O) groups is 1. The highest BCUT2D eigenvalue weighted by Gasteiger charge is 2.34. The Morgan fingerprint density at radius 1 is 1.21 bits per heavy atom. The van der Waals surface area contributed by atoms with Crippen LogP contribution in [0.5, 0.6) is 0 Å². The van der Waals surface area contributed by atoms with Crippen molar-refractivity contribution in [3.8, 4) is 0 Å². The van der Waals surface area contributed by atoms with E-state index in [0.29, 0.717) is 18.8 Å². The maximum atomic E-state index is 12.4. The topological polar surface area (TPSA) is 69.2 Å². The number of rotatable bonds is 3. The number of fused-ring (bicyclic) bond motifs is 1. The van der Waals surface area contributed by atoms with Crippen molar-refractivity contribution < 1.29 is 9.90 Å². The fourth-order valence-electron chi connectivity index (χ4n) is 3.47. The molecule has 1 aliphatic heterocycles. The first-order valence-corrected chi connectivity index (χ1v) is 8.16. The number of aliphatic hydroxyl groups is 1. The molecule has 1 amide bonds. The van der Waals surface area contributed by atoms with E-state index >= 15 is 0 Å². The van der Waals surface area contributed by atoms with E-state index in [9.17, 15) is 9.90 Å². The molecule has 24 heavy (non-hydrogen) atoms. The molecular formula is C19H19N3O2. The number of hydrogen-bond acceptors (Lipinski definition) is 3. The summed E-state index contributed by atoms with van der Waals surface area (Å²) in [6.45, 7) is 0.946. The molecule has 122 valence electrons. The van der Waals surface area contributed by atoms with Gasteiger partial charge in [-0.15, -0.1) is 0 Å². The molecule has 0 radical (unpaired) electrons. The average molecular weight is 321 g/mol. The van der Waals surface area contributed by atoms with Crippen LogP contribution in [0.4, 0.5) is 0 Å². The molecule has 1 aromatic carbocycles. The second kappa shape index (κ2) is 6.09. The van der Waals surface area contributed by atoms with Crippen LogP contribution in [0.25, 0.3) is 10.9 Å². The Morgan fingerprint density at radius 3 is 2.92 bits per heavy atom. The van der Waals surface area contributed by atoms with Crippen molar-refractivity contribution in [2.45, 2.75) is 12.5 Å². The normalized spacial score (nSPS) is 20.6. The van der Waals surface area contributed by atoms with Gasteiger partial charge < -0.3 is 15.0 Å². The van der Waals surface area contributed by atoms with Gasteiger partial charge in [-0.25, -0.2) is 0 Å². The van der Waals surface area contributed by atoms with E-state index in [0.717, 1.165) is 17.3 Å². The SMILES string of the molecule is O=C(c1ccc[nH]1)N1C[C@@H](Cc2ccnc3ccccc23)[C@H](O)C1. The number of hydrogen-bond donors (Lipinski definition) is 2. The zero-order valence-corrected chi connectivity index (χ0v) is 13.2. The molecule has 1 aliphatic rings. The summed E-state index contributed by atoms with van der Waals surface area (Å²) in [5.74, 6) is -0.0177. The van der Waals surface area contributed by atoms with Crippen molar-refractivity contribution >= 4 is 16.8 Å². The Labute approximate surface area is 139 Å². The number of carbonyl (C=O) groups excluding carboxylic acids is 1. The highest BCUT2D eigenvalue weighted by Crippen LogP contribution is 2.26. The molecular weight excluding hydrogens is 302 g/mol. The van der Waals surface area contributed by atoms with Gasteiger partial charge in [0.2, 0.25) is 0 Å². The van der Waals surface area contributed by atoms with Crippen LogP contribution in [0.1, 0.15) is 16.1 Å². The molecule has 5 nitrogen and oxygen atoms in total. The van der Waals surface area contributed by atoms with E-state index in [2.05, 4.69) is 16.0 Å². The molecule has 2 aromatic heterocycles. The minimum atomic E-state index is -0.504. The molecule has 0 saturated carbocycles. The molecule has 0 spiro atoms. The van der Waals surface area contributed by atoms with Gasteiger partial charge in [0, 0.05) is 36.8 Å². The Balaban J connectivity index is 1.54. The van der Waals surface area contributed by atoms with Gasteiger partial charge in [-0.2, -0.15) is 0 Å². The predicted octanol–water partition coefficient (Wildman–Crippen LogP) is 2.24. The van der Waals surface area contributed by atoms with Crippen LogP contribution >= 0.6 is 0 Å². The molecule has 0 bridgehead atoms. The minimum absolute atomic E-state index is 0.0368. The maximum absolute atomic E-state index is 12.4. The van der Waals surface area contributed by atoms with Gasteiger partial charge in [-0.3, -0.25) is 9.78 Å². The summed E-state index contributed by atoms with van der Waals surface area (Å²) in [6.07, 6.45) is 3.77. The minimum Gasteiger partial charge on any atom is -0.391 e. The van der Waals surface area contributed by atoms with Crippen molar-refractivity contribution in [2.75, 3.05) is 13.1 Å². The molecule has 2 atom stereocenters. The lowest BCUT2D eigenvalue weighted by atomic mass is 9.94. The fourth-order valence-corrected chi connectivity index (χ4v) is 3.47. The molecule has 3 heterocycles. The zero-order valence-electron chi connectivity index (χ0n) is 13.2. The van der Waals surface area contributed by atoms with Crippen molar-refractivity contribution in [3.63, 3.8) is 0 Å². The first-order valence-electron chi connectivity index (χ1n) is 8.16. The average Bonchev–Trinajstić information content (AvgIpc) is 3.25. The van der Waals surface area contributed by atoms with Gasteiger partial charge >= 0.3 is 0 Å². The Kier molecular flexibility index (Phi) is 3.78. The second-order valence-electron chi connectivity index (χ2n) is 6.31. The summed E-state index contributed by atoms with van der Waals surface area (Å²) < 4.78 is 0. The van der Waals surface area contributed by atoms with Crippen molar-refractivity contribution in [1.29, 1.82) is 0 Å². The molecule has 0 unspecified atom stereocenters. The number of nitrogens with one attached hydrogen (secondary N) is 1. The smallest absolute Gasteiger partial charge is 0.270 e. The van der Waals surface area contributed by atoms with Crippen LogP contribution in [-0.2, 0) is 6.42 Å². The quantitative estimate of drug-likeness (QED) is 0.777. The number of para-hydroxylation sites is 1. The number of aromatic amines is 1. The third-order valence-electron chi connectivity index (χ3n) is 4.74. The number of β-amino-alcohol motifs (C(OH)–C–C–N with tert-alkyl or cyclic N) is 1. The predicted molar refractivity (Wildman–Crippen MR) is 91.6 cm³/mol. The van der Waals surface area contributed by atoms with Crippen molar-refractivity contribution in [3.05, 3.63) is 66.1 Å². The van der Waals surface area contributed by atoms with Gasteiger partial charge in [-0.05, 0) is 36.2 Å². The number of aliphatic hydroxyl groups excluding tert-OH is 1. The van der Waals surface area contributed by atoms with Gasteiger partial charge in [0.15, 0.2) is 0 Å². The lowest BCUT2D eigenvalue weighted by molar-refractivity contribution is 0.0759. The third kappa shape index (κ3) is 2.67. The number of likely N-dealkylation sites (tertiary alicyclic amines) is 1. The highest BCUT2D eigenvalue weighted by molar-refractivity contribution is 5.92. The molecule has 4 rings (SSSR count). The summed E-state index contributed by atoms with van der Waals surface area (Å²) in [5.41, 5.74) is 2.69. The van der Waals surface area contributed by atoms with Crippen LogP contribution in [0.15, 0.2) is 54.9 Å². The van der Waals surface area contributed by atoms with E-state index in [1.54, 1.807) is 29.4 Å². The second-order valence-corrected chi connectivity index (χ2v) is 6.31. The van der Waals surface area contributed by atoms with Gasteiger partial charge in [-0.1, -0.05) is 18.2 Å².